The zero-order valence-electron chi connectivity index (χ0n) is 15.3. The van der Waals surface area contributed by atoms with Gasteiger partial charge in [0.05, 0.1) is 6.10 Å². The Morgan fingerprint density at radius 2 is 1.85 bits per heavy atom. The van der Waals surface area contributed by atoms with Crippen LogP contribution in [0.15, 0.2) is 53.5 Å². The minimum Gasteiger partial charge on any atom is -0.388 e. The standard InChI is InChI=1S/C20H25F2N3O.HI/c1-2-23-20(24-12-10-16-14-17(21)8-9-18(16)22)25-13-11-19(26)15-6-4-3-5-7-15;/h3-9,14,19,26H,2,10-13H2,1H3,(H2,23,24,25);1H. The number of aliphatic imine (C=N–C) groups is 1. The van der Waals surface area contributed by atoms with Gasteiger partial charge in [0.25, 0.3) is 0 Å². The second-order valence-electron chi connectivity index (χ2n) is 5.89. The largest absolute Gasteiger partial charge is 0.388 e. The number of aliphatic hydroxyl groups is 1. The third-order valence-electron chi connectivity index (χ3n) is 3.90. The van der Waals surface area contributed by atoms with Gasteiger partial charge in [-0.3, -0.25) is 4.99 Å². The summed E-state index contributed by atoms with van der Waals surface area (Å²) in [5.41, 5.74) is 1.19. The molecule has 0 saturated heterocycles. The van der Waals surface area contributed by atoms with Gasteiger partial charge >= 0.3 is 0 Å². The van der Waals surface area contributed by atoms with Crippen molar-refractivity contribution in [2.75, 3.05) is 19.6 Å². The molecule has 2 aromatic rings. The van der Waals surface area contributed by atoms with Crippen LogP contribution in [0.5, 0.6) is 0 Å². The van der Waals surface area contributed by atoms with Crippen LogP contribution < -0.4 is 10.6 Å². The van der Waals surface area contributed by atoms with Gasteiger partial charge < -0.3 is 15.7 Å². The van der Waals surface area contributed by atoms with E-state index < -0.39 is 17.7 Å². The predicted molar refractivity (Wildman–Crippen MR) is 115 cm³/mol. The molecular formula is C20H26F2IN3O. The van der Waals surface area contributed by atoms with Crippen LogP contribution in [0.4, 0.5) is 8.78 Å². The van der Waals surface area contributed by atoms with Crippen molar-refractivity contribution >= 4 is 29.9 Å². The Hall–Kier alpha value is -1.74. The first-order valence-corrected chi connectivity index (χ1v) is 8.79. The van der Waals surface area contributed by atoms with Gasteiger partial charge in [0.2, 0.25) is 0 Å². The number of hydrogen-bond donors (Lipinski definition) is 3. The van der Waals surface area contributed by atoms with Gasteiger partial charge in [-0.15, -0.1) is 24.0 Å². The quantitative estimate of drug-likeness (QED) is 0.301. The monoisotopic (exact) mass is 489 g/mol. The molecule has 0 aliphatic rings. The van der Waals surface area contributed by atoms with Crippen LogP contribution in [0.2, 0.25) is 0 Å². The summed E-state index contributed by atoms with van der Waals surface area (Å²) in [6, 6.07) is 12.9. The lowest BCUT2D eigenvalue weighted by molar-refractivity contribution is 0.170. The molecule has 0 aliphatic carbocycles. The molecule has 0 heterocycles. The fourth-order valence-electron chi connectivity index (χ4n) is 2.53. The van der Waals surface area contributed by atoms with Crippen molar-refractivity contribution in [3.63, 3.8) is 0 Å². The minimum atomic E-state index is -0.566. The Morgan fingerprint density at radius 3 is 2.56 bits per heavy atom. The molecule has 0 spiro atoms. The van der Waals surface area contributed by atoms with Crippen LogP contribution in [0.3, 0.4) is 0 Å². The second kappa shape index (κ2) is 12.6. The van der Waals surface area contributed by atoms with E-state index in [1.165, 1.54) is 6.07 Å². The maximum Gasteiger partial charge on any atom is 0.191 e. The van der Waals surface area contributed by atoms with Crippen molar-refractivity contribution in [2.45, 2.75) is 25.9 Å². The molecule has 1 atom stereocenters. The van der Waals surface area contributed by atoms with Crippen molar-refractivity contribution in [3.8, 4) is 0 Å². The summed E-state index contributed by atoms with van der Waals surface area (Å²) in [6.45, 7) is 3.50. The molecule has 7 heteroatoms. The second-order valence-corrected chi connectivity index (χ2v) is 5.89. The van der Waals surface area contributed by atoms with Gasteiger partial charge in [-0.2, -0.15) is 0 Å². The third-order valence-corrected chi connectivity index (χ3v) is 3.90. The Morgan fingerprint density at radius 1 is 1.11 bits per heavy atom. The molecule has 0 amide bonds. The van der Waals surface area contributed by atoms with Crippen LogP contribution in [-0.4, -0.2) is 30.7 Å². The number of rotatable bonds is 8. The van der Waals surface area contributed by atoms with Gasteiger partial charge in [0, 0.05) is 19.6 Å². The molecular weight excluding hydrogens is 463 g/mol. The molecule has 0 radical (unpaired) electrons. The van der Waals surface area contributed by atoms with Crippen molar-refractivity contribution in [1.29, 1.82) is 0 Å². The van der Waals surface area contributed by atoms with E-state index in [4.69, 9.17) is 0 Å². The van der Waals surface area contributed by atoms with E-state index in [0.717, 1.165) is 17.7 Å². The van der Waals surface area contributed by atoms with Crippen LogP contribution >= 0.6 is 24.0 Å². The molecule has 27 heavy (non-hydrogen) atoms. The summed E-state index contributed by atoms with van der Waals surface area (Å²) in [5, 5.41) is 16.4. The topological polar surface area (TPSA) is 56.7 Å². The van der Waals surface area contributed by atoms with Crippen molar-refractivity contribution in [3.05, 3.63) is 71.3 Å². The van der Waals surface area contributed by atoms with Gasteiger partial charge in [-0.25, -0.2) is 8.78 Å². The van der Waals surface area contributed by atoms with E-state index in [2.05, 4.69) is 15.6 Å². The van der Waals surface area contributed by atoms with Crippen LogP contribution in [0.1, 0.15) is 30.6 Å². The van der Waals surface area contributed by atoms with Gasteiger partial charge in [-0.1, -0.05) is 30.3 Å². The summed E-state index contributed by atoms with van der Waals surface area (Å²) in [7, 11) is 0. The van der Waals surface area contributed by atoms with E-state index >= 15 is 0 Å². The molecule has 4 nitrogen and oxygen atoms in total. The average molecular weight is 489 g/mol. The Bertz CT molecular complexity index is 714. The van der Waals surface area contributed by atoms with Gasteiger partial charge in [-0.05, 0) is 49.1 Å². The Balaban J connectivity index is 0.00000364. The number of nitrogens with zero attached hydrogens (tertiary/aromatic N) is 1. The van der Waals surface area contributed by atoms with E-state index in [-0.39, 0.29) is 24.0 Å². The molecule has 2 rings (SSSR count). The summed E-state index contributed by atoms with van der Waals surface area (Å²) < 4.78 is 26.8. The van der Waals surface area contributed by atoms with E-state index in [9.17, 15) is 13.9 Å². The van der Waals surface area contributed by atoms with Crippen molar-refractivity contribution in [2.24, 2.45) is 4.99 Å². The molecule has 1 unspecified atom stereocenters. The highest BCUT2D eigenvalue weighted by Gasteiger charge is 2.07. The van der Waals surface area contributed by atoms with Crippen molar-refractivity contribution in [1.82, 2.24) is 10.6 Å². The molecule has 2 aromatic carbocycles. The average Bonchev–Trinajstić information content (AvgIpc) is 2.65. The van der Waals surface area contributed by atoms with Gasteiger partial charge in [0.15, 0.2) is 5.96 Å². The van der Waals surface area contributed by atoms with Gasteiger partial charge in [0.1, 0.15) is 11.6 Å². The normalized spacial score (nSPS) is 12.2. The molecule has 0 aromatic heterocycles. The summed E-state index contributed by atoms with van der Waals surface area (Å²) in [4.78, 5) is 4.42. The Labute approximate surface area is 176 Å². The molecule has 3 N–H and O–H groups in total. The SMILES string of the molecule is CCNC(=NCCC(O)c1ccccc1)NCCc1cc(F)ccc1F.I. The molecule has 0 aliphatic heterocycles. The van der Waals surface area contributed by atoms with Crippen LogP contribution in [0, 0.1) is 11.6 Å². The highest BCUT2D eigenvalue weighted by atomic mass is 127. The first-order chi connectivity index (χ1) is 12.6. The molecule has 0 saturated carbocycles. The minimum absolute atomic E-state index is 0. The summed E-state index contributed by atoms with van der Waals surface area (Å²) in [6.07, 6.45) is 0.281. The number of guanidine groups is 1. The van der Waals surface area contributed by atoms with E-state index in [1.807, 2.05) is 37.3 Å². The first kappa shape index (κ1) is 23.3. The zero-order valence-corrected chi connectivity index (χ0v) is 17.6. The number of nitrogens with one attached hydrogen (secondary N) is 2. The Kier molecular flexibility index (Phi) is 10.9. The highest BCUT2D eigenvalue weighted by molar-refractivity contribution is 14.0. The lowest BCUT2D eigenvalue weighted by atomic mass is 10.1. The predicted octanol–water partition coefficient (Wildman–Crippen LogP) is 3.80. The summed E-state index contributed by atoms with van der Waals surface area (Å²) in [5.74, 6) is -0.275. The lowest BCUT2D eigenvalue weighted by Gasteiger charge is -2.13. The number of aliphatic hydroxyl groups excluding tert-OH is 1. The molecule has 148 valence electrons. The smallest absolute Gasteiger partial charge is 0.191 e. The van der Waals surface area contributed by atoms with E-state index in [0.29, 0.717) is 44.0 Å². The zero-order chi connectivity index (χ0) is 18.8. The summed E-state index contributed by atoms with van der Waals surface area (Å²) >= 11 is 0. The lowest BCUT2D eigenvalue weighted by Crippen LogP contribution is -2.38. The number of hydrogen-bond acceptors (Lipinski definition) is 2. The van der Waals surface area contributed by atoms with Crippen molar-refractivity contribution < 1.29 is 13.9 Å². The fourth-order valence-corrected chi connectivity index (χ4v) is 2.53. The number of benzene rings is 2. The fraction of sp³-hybridized carbons (Fsp3) is 0.350. The maximum atomic E-state index is 13.6. The highest BCUT2D eigenvalue weighted by Crippen LogP contribution is 2.15. The number of halogens is 3. The first-order valence-electron chi connectivity index (χ1n) is 8.79. The van der Waals surface area contributed by atoms with E-state index in [1.54, 1.807) is 0 Å². The molecule has 0 bridgehead atoms. The van der Waals surface area contributed by atoms with Crippen LogP contribution in [0.25, 0.3) is 0 Å². The third kappa shape index (κ3) is 8.21. The molecule has 0 fully saturated rings. The maximum absolute atomic E-state index is 13.6. The van der Waals surface area contributed by atoms with Crippen LogP contribution in [-0.2, 0) is 6.42 Å².